The molecule has 8 heteroatoms. The van der Waals surface area contributed by atoms with Crippen LogP contribution in [0.25, 0.3) is 0 Å². The van der Waals surface area contributed by atoms with Crippen molar-refractivity contribution in [1.82, 2.24) is 24.7 Å². The highest BCUT2D eigenvalue weighted by Crippen LogP contribution is 2.40. The van der Waals surface area contributed by atoms with Crippen molar-refractivity contribution in [3.05, 3.63) is 29.9 Å². The molecule has 4 heterocycles. The molecular formula is C18H24N6O2. The molecule has 0 N–H and O–H groups in total. The van der Waals surface area contributed by atoms with Crippen LogP contribution >= 0.6 is 0 Å². The fourth-order valence-electron chi connectivity index (χ4n) is 3.92. The predicted octanol–water partition coefficient (Wildman–Crippen LogP) is 2.07. The lowest BCUT2D eigenvalue weighted by atomic mass is 10.3. The Hall–Kier alpha value is -2.35. The smallest absolute Gasteiger partial charge is 0.324 e. The van der Waals surface area contributed by atoms with Crippen molar-refractivity contribution in [2.45, 2.75) is 37.8 Å². The minimum atomic E-state index is 0.0510. The second-order valence-electron chi connectivity index (χ2n) is 7.71. The van der Waals surface area contributed by atoms with Crippen LogP contribution in [0.4, 0.5) is 10.5 Å². The maximum Gasteiger partial charge on any atom is 0.324 e. The van der Waals surface area contributed by atoms with Gasteiger partial charge in [-0.1, -0.05) is 5.16 Å². The van der Waals surface area contributed by atoms with Crippen LogP contribution in [0, 0.1) is 0 Å². The van der Waals surface area contributed by atoms with E-state index in [1.165, 1.54) is 12.8 Å². The van der Waals surface area contributed by atoms with Crippen LogP contribution in [0.2, 0.25) is 0 Å². The van der Waals surface area contributed by atoms with Crippen molar-refractivity contribution in [3.8, 4) is 0 Å². The third-order valence-electron chi connectivity index (χ3n) is 5.68. The number of likely N-dealkylation sites (N-methyl/N-ethyl adjacent to an activating group) is 1. The second kappa shape index (κ2) is 6.12. The van der Waals surface area contributed by atoms with Crippen molar-refractivity contribution in [3.63, 3.8) is 0 Å². The van der Waals surface area contributed by atoms with Gasteiger partial charge < -0.3 is 9.42 Å². The Labute approximate surface area is 152 Å². The molecule has 0 aromatic carbocycles. The molecule has 0 radical (unpaired) electrons. The zero-order chi connectivity index (χ0) is 17.7. The number of aromatic nitrogens is 3. The van der Waals surface area contributed by atoms with E-state index in [0.29, 0.717) is 12.0 Å². The normalized spacial score (nSPS) is 24.2. The average Bonchev–Trinajstić information content (AvgIpc) is 3.03. The molecule has 2 amide bonds. The molecule has 2 aliphatic heterocycles. The van der Waals surface area contributed by atoms with Crippen LogP contribution in [0.15, 0.2) is 23.0 Å². The monoisotopic (exact) mass is 356 g/mol. The molecule has 0 spiro atoms. The topological polar surface area (TPSA) is 70.6 Å². The van der Waals surface area contributed by atoms with Gasteiger partial charge in [-0.15, -0.1) is 0 Å². The summed E-state index contributed by atoms with van der Waals surface area (Å²) in [5, 5.41) is 8.75. The van der Waals surface area contributed by atoms with Gasteiger partial charge >= 0.3 is 6.03 Å². The van der Waals surface area contributed by atoms with E-state index in [0.717, 1.165) is 56.3 Å². The molecule has 2 aromatic heterocycles. The van der Waals surface area contributed by atoms with Crippen LogP contribution in [-0.4, -0.2) is 64.0 Å². The minimum absolute atomic E-state index is 0.0510. The Kier molecular flexibility index (Phi) is 3.74. The maximum absolute atomic E-state index is 12.1. The predicted molar refractivity (Wildman–Crippen MR) is 95.0 cm³/mol. The number of hydrogen-bond donors (Lipinski definition) is 0. The average molecular weight is 356 g/mol. The van der Waals surface area contributed by atoms with Crippen LogP contribution in [0.5, 0.6) is 0 Å². The Morgan fingerprint density at radius 2 is 2.12 bits per heavy atom. The molecule has 138 valence electrons. The first-order valence-corrected chi connectivity index (χ1v) is 9.42. The summed E-state index contributed by atoms with van der Waals surface area (Å²) in [6.45, 7) is 4.29. The van der Waals surface area contributed by atoms with Gasteiger partial charge in [0.1, 0.15) is 5.76 Å². The van der Waals surface area contributed by atoms with Gasteiger partial charge in [0.25, 0.3) is 0 Å². The quantitative estimate of drug-likeness (QED) is 0.820. The van der Waals surface area contributed by atoms with Crippen LogP contribution < -0.4 is 4.90 Å². The lowest BCUT2D eigenvalue weighted by Gasteiger charge is -2.15. The molecule has 3 fully saturated rings. The summed E-state index contributed by atoms with van der Waals surface area (Å²) in [5.74, 6) is 1.66. The Morgan fingerprint density at radius 1 is 1.23 bits per heavy atom. The number of amides is 2. The number of carbonyl (C=O) groups excluding carboxylic acids is 1. The highest BCUT2D eigenvalue weighted by Gasteiger charge is 2.31. The van der Waals surface area contributed by atoms with Crippen molar-refractivity contribution in [2.24, 2.45) is 0 Å². The lowest BCUT2D eigenvalue weighted by molar-refractivity contribution is 0.229. The third kappa shape index (κ3) is 2.88. The minimum Gasteiger partial charge on any atom is -0.361 e. The molecule has 3 aliphatic rings. The van der Waals surface area contributed by atoms with E-state index in [1.54, 1.807) is 16.0 Å². The van der Waals surface area contributed by atoms with Gasteiger partial charge in [0, 0.05) is 58.0 Å². The van der Waals surface area contributed by atoms with Crippen molar-refractivity contribution in [2.75, 3.05) is 38.1 Å². The zero-order valence-corrected chi connectivity index (χ0v) is 15.0. The van der Waals surface area contributed by atoms with E-state index in [2.05, 4.69) is 21.2 Å². The van der Waals surface area contributed by atoms with Gasteiger partial charge in [-0.3, -0.25) is 14.5 Å². The Bertz CT molecular complexity index is 810. The fraction of sp³-hybridized carbons (Fsp3) is 0.611. The van der Waals surface area contributed by atoms with Crippen LogP contribution in [0.3, 0.4) is 0 Å². The molecular weight excluding hydrogens is 332 g/mol. The Balaban J connectivity index is 1.21. The maximum atomic E-state index is 12.1. The van der Waals surface area contributed by atoms with Gasteiger partial charge in [0.2, 0.25) is 0 Å². The van der Waals surface area contributed by atoms with E-state index in [9.17, 15) is 4.79 Å². The number of nitrogens with zero attached hydrogens (tertiary/aromatic N) is 6. The molecule has 0 bridgehead atoms. The molecule has 1 unspecified atom stereocenters. The molecule has 1 aliphatic carbocycles. The van der Waals surface area contributed by atoms with E-state index in [-0.39, 0.29) is 6.03 Å². The second-order valence-corrected chi connectivity index (χ2v) is 7.71. The van der Waals surface area contributed by atoms with Crippen molar-refractivity contribution < 1.29 is 9.32 Å². The van der Waals surface area contributed by atoms with Gasteiger partial charge in [0.15, 0.2) is 0 Å². The number of urea groups is 1. The summed E-state index contributed by atoms with van der Waals surface area (Å²) in [5.41, 5.74) is 1.92. The summed E-state index contributed by atoms with van der Waals surface area (Å²) < 4.78 is 7.47. The van der Waals surface area contributed by atoms with E-state index in [4.69, 9.17) is 4.52 Å². The van der Waals surface area contributed by atoms with Crippen molar-refractivity contribution >= 4 is 11.7 Å². The first-order valence-electron chi connectivity index (χ1n) is 9.42. The summed E-state index contributed by atoms with van der Waals surface area (Å²) in [4.78, 5) is 18.1. The summed E-state index contributed by atoms with van der Waals surface area (Å²) >= 11 is 0. The van der Waals surface area contributed by atoms with Gasteiger partial charge in [0.05, 0.1) is 23.6 Å². The molecule has 5 rings (SSSR count). The van der Waals surface area contributed by atoms with Gasteiger partial charge in [-0.2, -0.15) is 5.10 Å². The fourth-order valence-corrected chi connectivity index (χ4v) is 3.92. The molecule has 26 heavy (non-hydrogen) atoms. The lowest BCUT2D eigenvalue weighted by Crippen LogP contribution is -2.28. The molecule has 1 saturated carbocycles. The number of rotatable bonds is 5. The number of anilines is 1. The van der Waals surface area contributed by atoms with Crippen LogP contribution in [0.1, 0.15) is 42.7 Å². The SMILES string of the molecule is CN1CCN(c2cnn(C3CCN(Cc4cc(C5CC5)on4)C3)c2)C1=O. The summed E-state index contributed by atoms with van der Waals surface area (Å²) in [6.07, 6.45) is 7.34. The Morgan fingerprint density at radius 3 is 2.88 bits per heavy atom. The van der Waals surface area contributed by atoms with Gasteiger partial charge in [-0.05, 0) is 19.3 Å². The first-order chi connectivity index (χ1) is 12.7. The number of hydrogen-bond acceptors (Lipinski definition) is 5. The summed E-state index contributed by atoms with van der Waals surface area (Å²) in [7, 11) is 1.83. The van der Waals surface area contributed by atoms with Crippen LogP contribution in [-0.2, 0) is 6.54 Å². The van der Waals surface area contributed by atoms with Crippen molar-refractivity contribution in [1.29, 1.82) is 0 Å². The molecule has 2 saturated heterocycles. The number of likely N-dealkylation sites (tertiary alicyclic amines) is 1. The van der Waals surface area contributed by atoms with Gasteiger partial charge in [-0.25, -0.2) is 4.79 Å². The zero-order valence-electron chi connectivity index (χ0n) is 15.0. The standard InChI is InChI=1S/C18H24N6O2/c1-21-6-7-23(18(21)25)16-9-19-24(12-16)15-4-5-22(11-15)10-14-8-17(26-20-14)13-2-3-13/h8-9,12-13,15H,2-7,10-11H2,1H3. The van der Waals surface area contributed by atoms with E-state index >= 15 is 0 Å². The van der Waals surface area contributed by atoms with E-state index < -0.39 is 0 Å². The molecule has 8 nitrogen and oxygen atoms in total. The highest BCUT2D eigenvalue weighted by atomic mass is 16.5. The molecule has 1 atom stereocenters. The third-order valence-corrected chi connectivity index (χ3v) is 5.68. The largest absolute Gasteiger partial charge is 0.361 e. The highest BCUT2D eigenvalue weighted by molar-refractivity contribution is 5.93. The number of carbonyl (C=O) groups is 1. The van der Waals surface area contributed by atoms with E-state index in [1.807, 2.05) is 17.9 Å². The molecule has 2 aromatic rings. The first kappa shape index (κ1) is 15.9. The summed E-state index contributed by atoms with van der Waals surface area (Å²) in [6, 6.07) is 2.51.